The van der Waals surface area contributed by atoms with E-state index in [-0.39, 0.29) is 5.91 Å². The number of nitrogens with one attached hydrogen (secondary N) is 2. The molecular weight excluding hydrogens is 380 g/mol. The second-order valence-corrected chi connectivity index (χ2v) is 6.08. The minimum Gasteiger partial charge on any atom is -0.272 e. The maximum atomic E-state index is 12.0. The Morgan fingerprint density at radius 3 is 2.64 bits per heavy atom. The van der Waals surface area contributed by atoms with E-state index in [0.717, 1.165) is 15.6 Å². The molecule has 0 fully saturated rings. The minimum absolute atomic E-state index is 0.347. The molecule has 3 rings (SSSR count). The summed E-state index contributed by atoms with van der Waals surface area (Å²) in [5.41, 5.74) is 5.50. The molecule has 2 N–H and O–H groups in total. The molecule has 25 heavy (non-hydrogen) atoms. The molecule has 0 aliphatic carbocycles. The number of benzene rings is 2. The smallest absolute Gasteiger partial charge is 0.272 e. The van der Waals surface area contributed by atoms with Gasteiger partial charge in [-0.3, -0.25) is 9.89 Å². The van der Waals surface area contributed by atoms with Crippen LogP contribution in [0.3, 0.4) is 0 Å². The normalized spacial score (nSPS) is 11.2. The van der Waals surface area contributed by atoms with Gasteiger partial charge in [0, 0.05) is 16.3 Å². The zero-order valence-corrected chi connectivity index (χ0v) is 14.8. The van der Waals surface area contributed by atoms with E-state index in [4.69, 9.17) is 0 Å². The summed E-state index contributed by atoms with van der Waals surface area (Å²) >= 11 is 3.39. The van der Waals surface area contributed by atoms with Crippen molar-refractivity contribution < 1.29 is 4.79 Å². The first-order valence-electron chi connectivity index (χ1n) is 7.59. The summed E-state index contributed by atoms with van der Waals surface area (Å²) in [5.74, 6) is -0.347. The Morgan fingerprint density at radius 1 is 1.12 bits per heavy atom. The first-order valence-corrected chi connectivity index (χ1v) is 8.38. The molecule has 0 bridgehead atoms. The standard InChI is InChI=1S/C19H15BrN4O/c20-16-10-8-15(9-11-16)17-13-18(23-22-17)19(25)24-21-12-4-7-14-5-2-1-3-6-14/h1-13H,(H,22,23)(H,24,25). The van der Waals surface area contributed by atoms with Crippen LogP contribution in [-0.4, -0.2) is 22.3 Å². The van der Waals surface area contributed by atoms with Crippen molar-refractivity contribution >= 4 is 34.1 Å². The third kappa shape index (κ3) is 4.74. The van der Waals surface area contributed by atoms with Crippen molar-refractivity contribution in [2.24, 2.45) is 5.10 Å². The van der Waals surface area contributed by atoms with Crippen LogP contribution in [0.1, 0.15) is 16.1 Å². The molecule has 0 atom stereocenters. The first-order chi connectivity index (χ1) is 12.2. The lowest BCUT2D eigenvalue weighted by atomic mass is 10.1. The van der Waals surface area contributed by atoms with Gasteiger partial charge in [-0.25, -0.2) is 5.43 Å². The third-order valence-corrected chi connectivity index (χ3v) is 3.91. The van der Waals surface area contributed by atoms with Gasteiger partial charge in [0.15, 0.2) is 0 Å². The number of amides is 1. The zero-order valence-electron chi connectivity index (χ0n) is 13.2. The number of aromatic nitrogens is 2. The molecule has 6 heteroatoms. The lowest BCUT2D eigenvalue weighted by molar-refractivity contribution is 0.0950. The fourth-order valence-corrected chi connectivity index (χ4v) is 2.39. The molecule has 1 amide bonds. The number of hydrogen-bond acceptors (Lipinski definition) is 3. The molecule has 0 aliphatic rings. The van der Waals surface area contributed by atoms with Gasteiger partial charge in [-0.15, -0.1) is 0 Å². The SMILES string of the molecule is O=C(NN=CC=Cc1ccccc1)c1cc(-c2ccc(Br)cc2)n[nH]1. The van der Waals surface area contributed by atoms with E-state index in [1.54, 1.807) is 12.1 Å². The van der Waals surface area contributed by atoms with Crippen molar-refractivity contribution in [1.29, 1.82) is 0 Å². The van der Waals surface area contributed by atoms with Crippen LogP contribution in [0.15, 0.2) is 76.3 Å². The number of carbonyl (C=O) groups excluding carboxylic acids is 1. The number of halogens is 1. The molecule has 3 aromatic rings. The molecule has 0 saturated heterocycles. The predicted octanol–water partition coefficient (Wildman–Crippen LogP) is 4.27. The highest BCUT2D eigenvalue weighted by Crippen LogP contribution is 2.20. The van der Waals surface area contributed by atoms with Gasteiger partial charge < -0.3 is 0 Å². The van der Waals surface area contributed by atoms with E-state index in [1.165, 1.54) is 6.21 Å². The van der Waals surface area contributed by atoms with Crippen molar-refractivity contribution in [3.63, 3.8) is 0 Å². The minimum atomic E-state index is -0.347. The number of hydrazone groups is 1. The second kappa shape index (κ2) is 8.21. The topological polar surface area (TPSA) is 70.1 Å². The summed E-state index contributed by atoms with van der Waals surface area (Å²) in [6, 6.07) is 19.2. The second-order valence-electron chi connectivity index (χ2n) is 5.16. The van der Waals surface area contributed by atoms with Crippen LogP contribution < -0.4 is 5.43 Å². The number of rotatable bonds is 5. The Morgan fingerprint density at radius 2 is 1.88 bits per heavy atom. The number of hydrogen-bond donors (Lipinski definition) is 2. The van der Waals surface area contributed by atoms with E-state index < -0.39 is 0 Å². The monoisotopic (exact) mass is 394 g/mol. The van der Waals surface area contributed by atoms with Gasteiger partial charge in [-0.2, -0.15) is 10.2 Å². The predicted molar refractivity (Wildman–Crippen MR) is 103 cm³/mol. The lowest BCUT2D eigenvalue weighted by Gasteiger charge is -1.95. The Kier molecular flexibility index (Phi) is 5.53. The number of aromatic amines is 1. The fourth-order valence-electron chi connectivity index (χ4n) is 2.12. The quantitative estimate of drug-likeness (QED) is 0.501. The van der Waals surface area contributed by atoms with Gasteiger partial charge in [0.2, 0.25) is 0 Å². The van der Waals surface area contributed by atoms with Crippen molar-refractivity contribution in [2.45, 2.75) is 0 Å². The molecule has 1 heterocycles. The summed E-state index contributed by atoms with van der Waals surface area (Å²) in [6.07, 6.45) is 5.18. The third-order valence-electron chi connectivity index (χ3n) is 3.38. The largest absolute Gasteiger partial charge is 0.289 e. The van der Waals surface area contributed by atoms with Gasteiger partial charge >= 0.3 is 0 Å². The molecule has 0 aliphatic heterocycles. The maximum Gasteiger partial charge on any atom is 0.289 e. The van der Waals surface area contributed by atoms with Gasteiger partial charge in [-0.05, 0) is 29.8 Å². The van der Waals surface area contributed by atoms with Crippen LogP contribution in [0.2, 0.25) is 0 Å². The summed E-state index contributed by atoms with van der Waals surface area (Å²) < 4.78 is 0.989. The highest BCUT2D eigenvalue weighted by molar-refractivity contribution is 9.10. The van der Waals surface area contributed by atoms with E-state index in [1.807, 2.05) is 60.7 Å². The molecule has 2 aromatic carbocycles. The maximum absolute atomic E-state index is 12.0. The van der Waals surface area contributed by atoms with Crippen LogP contribution >= 0.6 is 15.9 Å². The van der Waals surface area contributed by atoms with Crippen LogP contribution in [0.5, 0.6) is 0 Å². The van der Waals surface area contributed by atoms with E-state index >= 15 is 0 Å². The molecule has 0 radical (unpaired) electrons. The summed E-state index contributed by atoms with van der Waals surface area (Å²) in [6.45, 7) is 0. The summed E-state index contributed by atoms with van der Waals surface area (Å²) in [4.78, 5) is 12.0. The number of allylic oxidation sites excluding steroid dienone is 1. The van der Waals surface area contributed by atoms with E-state index in [9.17, 15) is 4.79 Å². The van der Waals surface area contributed by atoms with Crippen molar-refractivity contribution in [3.8, 4) is 11.3 Å². The van der Waals surface area contributed by atoms with Crippen molar-refractivity contribution in [3.05, 3.63) is 82.5 Å². The Balaban J connectivity index is 1.57. The average Bonchev–Trinajstić information content (AvgIpc) is 3.13. The molecule has 0 spiro atoms. The summed E-state index contributed by atoms with van der Waals surface area (Å²) in [7, 11) is 0. The van der Waals surface area contributed by atoms with Crippen LogP contribution in [0, 0.1) is 0 Å². The zero-order chi connectivity index (χ0) is 17.5. The average molecular weight is 395 g/mol. The van der Waals surface area contributed by atoms with Crippen molar-refractivity contribution in [1.82, 2.24) is 15.6 Å². The Labute approximate surface area is 153 Å². The van der Waals surface area contributed by atoms with Crippen LogP contribution in [0.4, 0.5) is 0 Å². The Bertz CT molecular complexity index is 899. The lowest BCUT2D eigenvalue weighted by Crippen LogP contribution is -2.17. The molecule has 0 unspecified atom stereocenters. The fraction of sp³-hybridized carbons (Fsp3) is 0. The van der Waals surface area contributed by atoms with E-state index in [2.05, 4.69) is 36.7 Å². The Hall–Kier alpha value is -2.99. The van der Waals surface area contributed by atoms with E-state index in [0.29, 0.717) is 11.4 Å². The highest BCUT2D eigenvalue weighted by Gasteiger charge is 2.10. The molecule has 1 aromatic heterocycles. The van der Waals surface area contributed by atoms with Gasteiger partial charge in [-0.1, -0.05) is 64.5 Å². The van der Waals surface area contributed by atoms with Gasteiger partial charge in [0.1, 0.15) is 5.69 Å². The number of nitrogens with zero attached hydrogens (tertiary/aromatic N) is 2. The molecule has 0 saturated carbocycles. The molecular formula is C19H15BrN4O. The van der Waals surface area contributed by atoms with Crippen LogP contribution in [0.25, 0.3) is 17.3 Å². The van der Waals surface area contributed by atoms with Gasteiger partial charge in [0.05, 0.1) is 5.69 Å². The first kappa shape index (κ1) is 16.9. The van der Waals surface area contributed by atoms with Crippen molar-refractivity contribution in [2.75, 3.05) is 0 Å². The number of carbonyl (C=O) groups is 1. The summed E-state index contributed by atoms with van der Waals surface area (Å²) in [5, 5.41) is 10.8. The van der Waals surface area contributed by atoms with Crippen LogP contribution in [-0.2, 0) is 0 Å². The molecule has 124 valence electrons. The molecule has 5 nitrogen and oxygen atoms in total. The van der Waals surface area contributed by atoms with Gasteiger partial charge in [0.25, 0.3) is 5.91 Å². The number of H-pyrrole nitrogens is 1. The highest BCUT2D eigenvalue weighted by atomic mass is 79.9.